The Hall–Kier alpha value is -5.30. The zero-order valence-electron chi connectivity index (χ0n) is 31.9. The van der Waals surface area contributed by atoms with Crippen LogP contribution in [0.3, 0.4) is 0 Å². The lowest BCUT2D eigenvalue weighted by atomic mass is 10.0. The van der Waals surface area contributed by atoms with Gasteiger partial charge < -0.3 is 64.2 Å². The molecule has 310 valence electrons. The Morgan fingerprint density at radius 3 is 1.41 bits per heavy atom. The highest BCUT2D eigenvalue weighted by molar-refractivity contribution is 5.96. The van der Waals surface area contributed by atoms with Crippen LogP contribution in [0.5, 0.6) is 11.5 Å². The van der Waals surface area contributed by atoms with Crippen LogP contribution < -0.4 is 43.8 Å². The van der Waals surface area contributed by atoms with Gasteiger partial charge in [-0.3, -0.25) is 24.0 Å². The number of nitrogens with one attached hydrogen (secondary N) is 5. The van der Waals surface area contributed by atoms with Gasteiger partial charge in [-0.25, -0.2) is 4.79 Å². The topological polar surface area (TPSA) is 322 Å². The minimum Gasteiger partial charge on any atom is -0.508 e. The van der Waals surface area contributed by atoms with Crippen LogP contribution in [0, 0.1) is 5.92 Å². The molecule has 6 atom stereocenters. The number of aromatic hydroxyl groups is 2. The van der Waals surface area contributed by atoms with Crippen LogP contribution in [0.25, 0.3) is 0 Å². The molecule has 18 nitrogen and oxygen atoms in total. The summed E-state index contributed by atoms with van der Waals surface area (Å²) in [5.41, 5.74) is 18.6. The average Bonchev–Trinajstić information content (AvgIpc) is 3.16. The van der Waals surface area contributed by atoms with Crippen molar-refractivity contribution in [3.63, 3.8) is 0 Å². The van der Waals surface area contributed by atoms with Crippen molar-refractivity contribution >= 4 is 35.5 Å². The number of unbranched alkanes of at least 4 members (excludes halogenated alkanes) is 2. The van der Waals surface area contributed by atoms with Crippen molar-refractivity contribution in [1.29, 1.82) is 0 Å². The summed E-state index contributed by atoms with van der Waals surface area (Å²) in [7, 11) is 0. The molecule has 0 saturated carbocycles. The van der Waals surface area contributed by atoms with E-state index < -0.39 is 84.3 Å². The number of aliphatic hydroxyl groups is 1. The first-order valence-corrected chi connectivity index (χ1v) is 18.7. The summed E-state index contributed by atoms with van der Waals surface area (Å²) in [5.74, 6) is -5.75. The summed E-state index contributed by atoms with van der Waals surface area (Å²) >= 11 is 0. The third kappa shape index (κ3) is 16.2. The summed E-state index contributed by atoms with van der Waals surface area (Å²) in [6.45, 7) is 2.94. The molecular weight excluding hydrogens is 728 g/mol. The van der Waals surface area contributed by atoms with Gasteiger partial charge in [0.2, 0.25) is 29.5 Å². The van der Waals surface area contributed by atoms with Crippen LogP contribution in [0.15, 0.2) is 48.5 Å². The first-order chi connectivity index (χ1) is 26.6. The number of rotatable bonds is 25. The number of hydrogen-bond acceptors (Lipinski definition) is 12. The molecular formula is C38H58N8O10. The predicted molar refractivity (Wildman–Crippen MR) is 207 cm³/mol. The molecule has 18 heteroatoms. The number of phenolic OH excluding ortho intramolecular Hbond substituents is 2. The SMILES string of the molecule is CC(C)[C@H](NC(=O)[C@H](CCCCN)NC(=O)[C@H](CO)NC(=O)[C@H](Cc1ccc(O)cc1)NC(=O)[C@H](CCCCN)NC(=O)[C@@H](N)Cc1ccc(O)cc1)C(=O)O. The van der Waals surface area contributed by atoms with Gasteiger partial charge in [0.05, 0.1) is 12.6 Å². The number of carboxylic acids is 1. The number of hydrogen-bond donors (Lipinski definition) is 12. The summed E-state index contributed by atoms with van der Waals surface area (Å²) in [6.07, 6.45) is 2.06. The molecule has 5 amide bonds. The molecule has 0 bridgehead atoms. The first-order valence-electron chi connectivity index (χ1n) is 18.7. The van der Waals surface area contributed by atoms with Gasteiger partial charge in [0.25, 0.3) is 0 Å². The molecule has 15 N–H and O–H groups in total. The third-order valence-electron chi connectivity index (χ3n) is 8.94. The Labute approximate surface area is 326 Å². The third-order valence-corrected chi connectivity index (χ3v) is 8.94. The molecule has 0 fully saturated rings. The molecule has 0 heterocycles. The Morgan fingerprint density at radius 1 is 0.571 bits per heavy atom. The van der Waals surface area contributed by atoms with E-state index in [4.69, 9.17) is 17.2 Å². The summed E-state index contributed by atoms with van der Waals surface area (Å²) in [6, 6.07) is 4.26. The van der Waals surface area contributed by atoms with Crippen molar-refractivity contribution in [3.05, 3.63) is 59.7 Å². The zero-order valence-corrected chi connectivity index (χ0v) is 31.9. The number of aliphatic carboxylic acids is 1. The van der Waals surface area contributed by atoms with Crippen molar-refractivity contribution in [2.45, 2.75) is 101 Å². The largest absolute Gasteiger partial charge is 0.508 e. The molecule has 2 rings (SSSR count). The van der Waals surface area contributed by atoms with E-state index in [2.05, 4.69) is 26.6 Å². The number of benzene rings is 2. The van der Waals surface area contributed by atoms with Crippen LogP contribution >= 0.6 is 0 Å². The molecule has 0 spiro atoms. The van der Waals surface area contributed by atoms with Crippen LogP contribution in [0.4, 0.5) is 0 Å². The van der Waals surface area contributed by atoms with Crippen LogP contribution in [0.1, 0.15) is 63.5 Å². The highest BCUT2D eigenvalue weighted by atomic mass is 16.4. The van der Waals surface area contributed by atoms with Crippen LogP contribution in [-0.4, -0.2) is 112 Å². The molecule has 0 unspecified atom stereocenters. The number of nitrogens with two attached hydrogens (primary N) is 3. The van der Waals surface area contributed by atoms with Crippen molar-refractivity contribution in [2.24, 2.45) is 23.1 Å². The molecule has 0 aromatic heterocycles. The monoisotopic (exact) mass is 786 g/mol. The van der Waals surface area contributed by atoms with Crippen molar-refractivity contribution in [3.8, 4) is 11.5 Å². The fourth-order valence-electron chi connectivity index (χ4n) is 5.64. The van der Waals surface area contributed by atoms with E-state index in [0.717, 1.165) is 0 Å². The molecule has 0 saturated heterocycles. The van der Waals surface area contributed by atoms with Crippen LogP contribution in [-0.2, 0) is 41.6 Å². The lowest BCUT2D eigenvalue weighted by Crippen LogP contribution is -2.60. The number of phenols is 2. The van der Waals surface area contributed by atoms with Crippen molar-refractivity contribution in [2.75, 3.05) is 19.7 Å². The predicted octanol–water partition coefficient (Wildman–Crippen LogP) is -1.37. The maximum Gasteiger partial charge on any atom is 0.326 e. The highest BCUT2D eigenvalue weighted by Crippen LogP contribution is 2.14. The summed E-state index contributed by atoms with van der Waals surface area (Å²) in [4.78, 5) is 79.1. The van der Waals surface area contributed by atoms with E-state index in [-0.39, 0.29) is 37.2 Å². The lowest BCUT2D eigenvalue weighted by Gasteiger charge is -2.27. The quantitative estimate of drug-likeness (QED) is 0.0518. The normalized spacial score (nSPS) is 14.3. The first kappa shape index (κ1) is 46.9. The number of carbonyl (C=O) groups is 6. The number of amides is 5. The van der Waals surface area contributed by atoms with E-state index in [0.29, 0.717) is 49.9 Å². The zero-order chi connectivity index (χ0) is 41.8. The number of aliphatic hydroxyl groups excluding tert-OH is 1. The van der Waals surface area contributed by atoms with Gasteiger partial charge in [0.1, 0.15) is 41.7 Å². The van der Waals surface area contributed by atoms with Gasteiger partial charge in [-0.1, -0.05) is 38.1 Å². The second kappa shape index (κ2) is 24.3. The maximum atomic E-state index is 13.8. The van der Waals surface area contributed by atoms with Gasteiger partial charge >= 0.3 is 5.97 Å². The standard InChI is InChI=1S/C38H58N8O10/c1-22(2)32(38(55)56)46-35(52)29(8-4-6-18-40)43-37(54)31(21-47)45-36(53)30(20-24-11-15-26(49)16-12-24)44-34(51)28(7-3-5-17-39)42-33(50)27(41)19-23-9-13-25(48)14-10-23/h9-16,22,27-32,47-49H,3-8,17-21,39-41H2,1-2H3,(H,42,50)(H,43,54)(H,44,51)(H,45,53)(H,46,52)(H,55,56)/t27-,28-,29-,30-,31-,32-/m0/s1. The minimum atomic E-state index is -1.61. The number of carbonyl (C=O) groups excluding carboxylic acids is 5. The van der Waals surface area contributed by atoms with E-state index in [1.807, 2.05) is 0 Å². The Bertz CT molecular complexity index is 1580. The van der Waals surface area contributed by atoms with Gasteiger partial charge in [-0.15, -0.1) is 0 Å². The summed E-state index contributed by atoms with van der Waals surface area (Å²) < 4.78 is 0. The number of carboxylic acid groups (broad SMARTS) is 1. The minimum absolute atomic E-state index is 0.0444. The van der Waals surface area contributed by atoms with E-state index >= 15 is 0 Å². The molecule has 0 aliphatic carbocycles. The highest BCUT2D eigenvalue weighted by Gasteiger charge is 2.33. The molecule has 0 aliphatic heterocycles. The van der Waals surface area contributed by atoms with E-state index in [9.17, 15) is 49.2 Å². The molecule has 0 aliphatic rings. The Morgan fingerprint density at radius 2 is 0.964 bits per heavy atom. The van der Waals surface area contributed by atoms with Gasteiger partial charge in [0.15, 0.2) is 0 Å². The van der Waals surface area contributed by atoms with Gasteiger partial charge in [-0.05, 0) is 99.3 Å². The van der Waals surface area contributed by atoms with Gasteiger partial charge in [-0.2, -0.15) is 0 Å². The second-order valence-electron chi connectivity index (χ2n) is 13.9. The molecule has 56 heavy (non-hydrogen) atoms. The van der Waals surface area contributed by atoms with Crippen molar-refractivity contribution in [1.82, 2.24) is 26.6 Å². The lowest BCUT2D eigenvalue weighted by molar-refractivity contribution is -0.143. The maximum absolute atomic E-state index is 13.8. The second-order valence-corrected chi connectivity index (χ2v) is 13.9. The fraction of sp³-hybridized carbons (Fsp3) is 0.526. The fourth-order valence-corrected chi connectivity index (χ4v) is 5.64. The Balaban J connectivity index is 2.31. The van der Waals surface area contributed by atoms with Gasteiger partial charge in [0, 0.05) is 6.42 Å². The Kier molecular flexibility index (Phi) is 20.3. The molecule has 2 aromatic rings. The smallest absolute Gasteiger partial charge is 0.326 e. The summed E-state index contributed by atoms with van der Waals surface area (Å²) in [5, 5.41) is 51.8. The van der Waals surface area contributed by atoms with Crippen LogP contribution in [0.2, 0.25) is 0 Å². The molecule has 2 aromatic carbocycles. The average molecular weight is 787 g/mol. The van der Waals surface area contributed by atoms with E-state index in [1.54, 1.807) is 26.0 Å². The van der Waals surface area contributed by atoms with Crippen molar-refractivity contribution < 1.29 is 49.2 Å². The molecule has 0 radical (unpaired) electrons. The van der Waals surface area contributed by atoms with E-state index in [1.165, 1.54) is 36.4 Å².